The molecule has 0 atom stereocenters. The van der Waals surface area contributed by atoms with Crippen LogP contribution in [0.2, 0.25) is 0 Å². The van der Waals surface area contributed by atoms with Crippen molar-refractivity contribution in [1.82, 2.24) is 4.41 Å². The van der Waals surface area contributed by atoms with Crippen LogP contribution in [-0.4, -0.2) is 25.1 Å². The van der Waals surface area contributed by atoms with Crippen LogP contribution in [0, 0.1) is 0 Å². The molecule has 1 aliphatic carbocycles. The fourth-order valence-electron chi connectivity index (χ4n) is 0.601. The van der Waals surface area contributed by atoms with Crippen molar-refractivity contribution < 1.29 is 8.42 Å². The van der Waals surface area contributed by atoms with Crippen LogP contribution in [0.15, 0.2) is 0 Å². The van der Waals surface area contributed by atoms with Crippen LogP contribution in [0.3, 0.4) is 0 Å². The molecule has 0 aromatic heterocycles. The number of rotatable bonds is 2. The molecule has 1 fully saturated rings. The van der Waals surface area contributed by atoms with Crippen LogP contribution >= 0.6 is 0 Å². The summed E-state index contributed by atoms with van der Waals surface area (Å²) in [5, 5.41) is -0.188. The minimum absolute atomic E-state index is 0.188. The van der Waals surface area contributed by atoms with E-state index in [1.807, 2.05) is 0 Å². The summed E-state index contributed by atoms with van der Waals surface area (Å²) in [6.07, 6.45) is 1.54. The number of nitrogens with two attached hydrogens (primary N) is 1. The number of hydrogen-bond donors (Lipinski definition) is 1. The largest absolute Gasteiger partial charge is 0.255 e. The van der Waals surface area contributed by atoms with Gasteiger partial charge in [-0.1, -0.05) is 0 Å². The van der Waals surface area contributed by atoms with Crippen molar-refractivity contribution in [3.63, 3.8) is 0 Å². The van der Waals surface area contributed by atoms with Gasteiger partial charge in [0.1, 0.15) is 0 Å². The molecule has 0 aromatic rings. The van der Waals surface area contributed by atoms with Gasteiger partial charge in [0.05, 0.1) is 5.25 Å². The lowest BCUT2D eigenvalue weighted by molar-refractivity contribution is 0.485. The fraction of sp³-hybridized carbons (Fsp3) is 1.00. The van der Waals surface area contributed by atoms with E-state index < -0.39 is 10.0 Å². The van der Waals surface area contributed by atoms with Gasteiger partial charge in [0.15, 0.2) is 0 Å². The number of hydrogen-bond acceptors (Lipinski definition) is 3. The Kier molecular flexibility index (Phi) is 1.50. The predicted molar refractivity (Wildman–Crippen MR) is 33.9 cm³/mol. The summed E-state index contributed by atoms with van der Waals surface area (Å²) in [7, 11) is -1.74. The molecule has 2 N–H and O–H groups in total. The lowest BCUT2D eigenvalue weighted by Crippen LogP contribution is -2.35. The topological polar surface area (TPSA) is 63.4 Å². The summed E-state index contributed by atoms with van der Waals surface area (Å²) in [5.74, 6) is 5.06. The summed E-state index contributed by atoms with van der Waals surface area (Å²) in [6.45, 7) is 0. The third-order valence-corrected chi connectivity index (χ3v) is 3.46. The van der Waals surface area contributed by atoms with Crippen LogP contribution < -0.4 is 5.84 Å². The third kappa shape index (κ3) is 1.23. The van der Waals surface area contributed by atoms with Gasteiger partial charge >= 0.3 is 0 Å². The van der Waals surface area contributed by atoms with Crippen LogP contribution in [-0.2, 0) is 10.0 Å². The maximum Gasteiger partial charge on any atom is 0.229 e. The van der Waals surface area contributed by atoms with E-state index in [1.54, 1.807) is 0 Å². The van der Waals surface area contributed by atoms with Crippen molar-refractivity contribution >= 4 is 10.0 Å². The summed E-state index contributed by atoms with van der Waals surface area (Å²) in [5.41, 5.74) is 0. The van der Waals surface area contributed by atoms with Crippen LogP contribution in [0.1, 0.15) is 12.8 Å². The quantitative estimate of drug-likeness (QED) is 0.417. The molecule has 0 saturated heterocycles. The molecule has 1 saturated carbocycles. The average Bonchev–Trinajstić information content (AvgIpc) is 2.42. The smallest absolute Gasteiger partial charge is 0.229 e. The van der Waals surface area contributed by atoms with E-state index in [0.29, 0.717) is 0 Å². The average molecular weight is 150 g/mol. The number of sulfonamides is 1. The Morgan fingerprint density at radius 3 is 2.11 bits per heavy atom. The molecule has 0 amide bonds. The van der Waals surface area contributed by atoms with E-state index in [0.717, 1.165) is 17.3 Å². The van der Waals surface area contributed by atoms with Crippen molar-refractivity contribution in [2.75, 3.05) is 7.05 Å². The van der Waals surface area contributed by atoms with Gasteiger partial charge < -0.3 is 0 Å². The third-order valence-electron chi connectivity index (χ3n) is 1.35. The summed E-state index contributed by atoms with van der Waals surface area (Å²) in [6, 6.07) is 0. The highest BCUT2D eigenvalue weighted by Crippen LogP contribution is 2.28. The molecular weight excluding hydrogens is 140 g/mol. The van der Waals surface area contributed by atoms with Gasteiger partial charge in [-0.15, -0.1) is 4.41 Å². The first-order valence-corrected chi connectivity index (χ1v) is 4.28. The Labute approximate surface area is 54.7 Å². The maximum absolute atomic E-state index is 10.9. The van der Waals surface area contributed by atoms with E-state index in [2.05, 4.69) is 0 Å². The zero-order chi connectivity index (χ0) is 7.07. The zero-order valence-electron chi connectivity index (χ0n) is 5.24. The van der Waals surface area contributed by atoms with Gasteiger partial charge in [0.2, 0.25) is 10.0 Å². The molecule has 0 bridgehead atoms. The molecule has 5 heteroatoms. The lowest BCUT2D eigenvalue weighted by atomic mass is 11.0. The Morgan fingerprint density at radius 1 is 1.56 bits per heavy atom. The highest BCUT2D eigenvalue weighted by atomic mass is 32.2. The zero-order valence-corrected chi connectivity index (χ0v) is 6.06. The second-order valence-electron chi connectivity index (χ2n) is 2.26. The molecule has 54 valence electrons. The lowest BCUT2D eigenvalue weighted by Gasteiger charge is -2.08. The van der Waals surface area contributed by atoms with Gasteiger partial charge in [0.25, 0.3) is 0 Å². The van der Waals surface area contributed by atoms with Crippen LogP contribution in [0.25, 0.3) is 0 Å². The number of hydrazine groups is 1. The SMILES string of the molecule is CN(N)S(=O)(=O)C1CC1. The first-order valence-electron chi connectivity index (χ1n) is 2.77. The second-order valence-corrected chi connectivity index (χ2v) is 4.53. The molecule has 9 heavy (non-hydrogen) atoms. The van der Waals surface area contributed by atoms with Crippen molar-refractivity contribution in [2.24, 2.45) is 5.84 Å². The minimum Gasteiger partial charge on any atom is -0.255 e. The summed E-state index contributed by atoms with van der Waals surface area (Å²) >= 11 is 0. The molecule has 4 nitrogen and oxygen atoms in total. The van der Waals surface area contributed by atoms with Crippen LogP contribution in [0.5, 0.6) is 0 Å². The van der Waals surface area contributed by atoms with Crippen LogP contribution in [0.4, 0.5) is 0 Å². The van der Waals surface area contributed by atoms with E-state index in [4.69, 9.17) is 5.84 Å². The molecule has 0 aliphatic heterocycles. The first kappa shape index (κ1) is 6.98. The standard InChI is InChI=1S/C4H10N2O2S/c1-6(5)9(7,8)4-2-3-4/h4H,2-3,5H2,1H3. The highest BCUT2D eigenvalue weighted by Gasteiger charge is 2.37. The summed E-state index contributed by atoms with van der Waals surface area (Å²) in [4.78, 5) is 0. The molecule has 1 rings (SSSR count). The van der Waals surface area contributed by atoms with Gasteiger partial charge in [0, 0.05) is 7.05 Å². The Bertz CT molecular complexity index is 185. The highest BCUT2D eigenvalue weighted by molar-refractivity contribution is 7.89. The normalized spacial score (nSPS) is 20.8. The molecular formula is C4H10N2O2S. The number of nitrogens with zero attached hydrogens (tertiary/aromatic N) is 1. The Hall–Kier alpha value is -0.130. The fourth-order valence-corrected chi connectivity index (χ4v) is 1.80. The van der Waals surface area contributed by atoms with Crippen molar-refractivity contribution in [3.8, 4) is 0 Å². The monoisotopic (exact) mass is 150 g/mol. The maximum atomic E-state index is 10.9. The van der Waals surface area contributed by atoms with Gasteiger partial charge in [-0.3, -0.25) is 5.84 Å². The molecule has 0 unspecified atom stereocenters. The summed E-state index contributed by atoms with van der Waals surface area (Å²) < 4.78 is 22.6. The van der Waals surface area contributed by atoms with E-state index in [1.165, 1.54) is 7.05 Å². The van der Waals surface area contributed by atoms with E-state index >= 15 is 0 Å². The van der Waals surface area contributed by atoms with E-state index in [-0.39, 0.29) is 5.25 Å². The predicted octanol–water partition coefficient (Wildman–Crippen LogP) is -0.716. The van der Waals surface area contributed by atoms with Gasteiger partial charge in [-0.25, -0.2) is 8.42 Å². The van der Waals surface area contributed by atoms with Crippen molar-refractivity contribution in [1.29, 1.82) is 0 Å². The molecule has 1 aliphatic rings. The Balaban J connectivity index is 2.73. The van der Waals surface area contributed by atoms with E-state index in [9.17, 15) is 8.42 Å². The first-order chi connectivity index (χ1) is 4.05. The molecule has 0 radical (unpaired) electrons. The van der Waals surface area contributed by atoms with Gasteiger partial charge in [-0.05, 0) is 12.8 Å². The molecule has 0 spiro atoms. The second kappa shape index (κ2) is 1.93. The van der Waals surface area contributed by atoms with Gasteiger partial charge in [-0.2, -0.15) is 0 Å². The molecule has 0 heterocycles. The van der Waals surface area contributed by atoms with Crippen molar-refractivity contribution in [3.05, 3.63) is 0 Å². The minimum atomic E-state index is -3.09. The molecule has 0 aromatic carbocycles. The Morgan fingerprint density at radius 2 is 2.00 bits per heavy atom. The van der Waals surface area contributed by atoms with Crippen molar-refractivity contribution in [2.45, 2.75) is 18.1 Å².